The van der Waals surface area contributed by atoms with Crippen molar-refractivity contribution >= 4 is 5.82 Å². The molecule has 0 aromatic carbocycles. The summed E-state index contributed by atoms with van der Waals surface area (Å²) in [6.45, 7) is 1.44. The fourth-order valence-corrected chi connectivity index (χ4v) is 1.83. The molecule has 0 radical (unpaired) electrons. The Morgan fingerprint density at radius 3 is 2.86 bits per heavy atom. The maximum atomic E-state index is 10.0. The number of H-pyrrole nitrogens is 1. The molecule has 1 unspecified atom stereocenters. The highest BCUT2D eigenvalue weighted by atomic mass is 16.5. The molecule has 1 aromatic heterocycles. The van der Waals surface area contributed by atoms with Crippen molar-refractivity contribution in [2.45, 2.75) is 18.9 Å². The quantitative estimate of drug-likeness (QED) is 0.642. The Hall–Kier alpha value is -1.07. The summed E-state index contributed by atoms with van der Waals surface area (Å²) in [6, 6.07) is 0. The van der Waals surface area contributed by atoms with E-state index in [2.05, 4.69) is 10.2 Å². The number of aliphatic hydroxyl groups excluding tert-OH is 1. The molecule has 5 heteroatoms. The third-order valence-electron chi connectivity index (χ3n) is 2.73. The van der Waals surface area contributed by atoms with Crippen LogP contribution in [0.3, 0.4) is 0 Å². The van der Waals surface area contributed by atoms with Crippen molar-refractivity contribution < 1.29 is 9.84 Å². The predicted octanol–water partition coefficient (Wildman–Crippen LogP) is 0.452. The number of anilines is 1. The topological polar surface area (TPSA) is 84.2 Å². The first-order valence-electron chi connectivity index (χ1n) is 4.83. The van der Waals surface area contributed by atoms with Crippen LogP contribution in [0.1, 0.15) is 24.5 Å². The van der Waals surface area contributed by atoms with E-state index in [9.17, 15) is 5.11 Å². The van der Waals surface area contributed by atoms with Gasteiger partial charge in [-0.05, 0) is 18.8 Å². The van der Waals surface area contributed by atoms with Gasteiger partial charge in [-0.3, -0.25) is 5.10 Å². The molecule has 5 nitrogen and oxygen atoms in total. The third kappa shape index (κ3) is 1.73. The van der Waals surface area contributed by atoms with Gasteiger partial charge in [0, 0.05) is 18.8 Å². The molecular formula is C9H15N3O2. The number of nitrogen functional groups attached to an aromatic ring is 1. The fraction of sp³-hybridized carbons (Fsp3) is 0.667. The Morgan fingerprint density at radius 2 is 2.29 bits per heavy atom. The number of ether oxygens (including phenoxy) is 1. The second-order valence-corrected chi connectivity index (χ2v) is 3.63. The molecule has 0 bridgehead atoms. The lowest BCUT2D eigenvalue weighted by molar-refractivity contribution is 0.00746. The van der Waals surface area contributed by atoms with Gasteiger partial charge in [-0.1, -0.05) is 0 Å². The van der Waals surface area contributed by atoms with Crippen LogP contribution in [0.25, 0.3) is 0 Å². The summed E-state index contributed by atoms with van der Waals surface area (Å²) in [6.07, 6.45) is 2.84. The number of aromatic nitrogens is 2. The molecule has 2 rings (SSSR count). The third-order valence-corrected chi connectivity index (χ3v) is 2.73. The molecule has 1 atom stereocenters. The van der Waals surface area contributed by atoms with Crippen molar-refractivity contribution in [3.8, 4) is 0 Å². The number of hydrogen-bond donors (Lipinski definition) is 3. The van der Waals surface area contributed by atoms with Crippen LogP contribution in [-0.2, 0) is 4.74 Å². The first-order chi connectivity index (χ1) is 6.79. The van der Waals surface area contributed by atoms with Gasteiger partial charge >= 0.3 is 0 Å². The Kier molecular flexibility index (Phi) is 2.69. The van der Waals surface area contributed by atoms with E-state index in [0.29, 0.717) is 11.4 Å². The van der Waals surface area contributed by atoms with Crippen LogP contribution >= 0.6 is 0 Å². The van der Waals surface area contributed by atoms with Gasteiger partial charge in [-0.25, -0.2) is 0 Å². The summed E-state index contributed by atoms with van der Waals surface area (Å²) in [4.78, 5) is 0. The lowest BCUT2D eigenvalue weighted by Gasteiger charge is -2.26. The smallest absolute Gasteiger partial charge is 0.124 e. The van der Waals surface area contributed by atoms with Crippen molar-refractivity contribution in [1.82, 2.24) is 10.2 Å². The Balaban J connectivity index is 2.07. The van der Waals surface area contributed by atoms with Gasteiger partial charge in [0.05, 0.1) is 12.3 Å². The molecule has 2 heterocycles. The fourth-order valence-electron chi connectivity index (χ4n) is 1.83. The van der Waals surface area contributed by atoms with Gasteiger partial charge in [-0.2, -0.15) is 5.10 Å². The molecular weight excluding hydrogens is 182 g/mol. The normalized spacial score (nSPS) is 20.9. The molecule has 0 amide bonds. The van der Waals surface area contributed by atoms with Gasteiger partial charge in [0.15, 0.2) is 0 Å². The highest BCUT2D eigenvalue weighted by Gasteiger charge is 2.25. The molecule has 0 saturated carbocycles. The van der Waals surface area contributed by atoms with E-state index in [-0.39, 0.29) is 5.92 Å². The molecule has 1 aliphatic rings. The van der Waals surface area contributed by atoms with Crippen LogP contribution in [0.15, 0.2) is 6.20 Å². The number of aromatic amines is 1. The van der Waals surface area contributed by atoms with Crippen LogP contribution in [0.2, 0.25) is 0 Å². The van der Waals surface area contributed by atoms with Crippen molar-refractivity contribution in [3.05, 3.63) is 11.8 Å². The molecule has 1 saturated heterocycles. The summed E-state index contributed by atoms with van der Waals surface area (Å²) < 4.78 is 5.23. The molecule has 78 valence electrons. The van der Waals surface area contributed by atoms with E-state index in [4.69, 9.17) is 10.5 Å². The molecule has 1 aliphatic heterocycles. The zero-order valence-corrected chi connectivity index (χ0v) is 7.94. The van der Waals surface area contributed by atoms with Gasteiger partial charge in [0.1, 0.15) is 5.82 Å². The highest BCUT2D eigenvalue weighted by molar-refractivity contribution is 5.38. The van der Waals surface area contributed by atoms with E-state index in [1.165, 1.54) is 0 Å². The van der Waals surface area contributed by atoms with Gasteiger partial charge in [-0.15, -0.1) is 0 Å². The van der Waals surface area contributed by atoms with E-state index in [1.807, 2.05) is 0 Å². The summed E-state index contributed by atoms with van der Waals surface area (Å²) in [5.74, 6) is 0.702. The van der Waals surface area contributed by atoms with Gasteiger partial charge < -0.3 is 15.6 Å². The van der Waals surface area contributed by atoms with Crippen molar-refractivity contribution in [2.75, 3.05) is 18.9 Å². The Labute approximate surface area is 82.3 Å². The number of nitrogens with two attached hydrogens (primary N) is 1. The molecule has 14 heavy (non-hydrogen) atoms. The first-order valence-corrected chi connectivity index (χ1v) is 4.83. The van der Waals surface area contributed by atoms with Gasteiger partial charge in [0.2, 0.25) is 0 Å². The van der Waals surface area contributed by atoms with Gasteiger partial charge in [0.25, 0.3) is 0 Å². The minimum absolute atomic E-state index is 0.239. The van der Waals surface area contributed by atoms with Crippen molar-refractivity contribution in [1.29, 1.82) is 0 Å². The van der Waals surface area contributed by atoms with Crippen LogP contribution in [0, 0.1) is 5.92 Å². The zero-order chi connectivity index (χ0) is 9.97. The minimum atomic E-state index is -0.516. The lowest BCUT2D eigenvalue weighted by atomic mass is 9.90. The van der Waals surface area contributed by atoms with Crippen LogP contribution in [-0.4, -0.2) is 28.5 Å². The maximum absolute atomic E-state index is 10.0. The maximum Gasteiger partial charge on any atom is 0.124 e. The summed E-state index contributed by atoms with van der Waals surface area (Å²) in [5.41, 5.74) is 6.34. The number of nitrogens with one attached hydrogen (secondary N) is 1. The number of aliphatic hydroxyl groups is 1. The van der Waals surface area contributed by atoms with Crippen LogP contribution in [0.4, 0.5) is 5.82 Å². The van der Waals surface area contributed by atoms with E-state index < -0.39 is 6.10 Å². The highest BCUT2D eigenvalue weighted by Crippen LogP contribution is 2.31. The number of hydrogen-bond acceptors (Lipinski definition) is 4. The summed E-state index contributed by atoms with van der Waals surface area (Å²) >= 11 is 0. The Morgan fingerprint density at radius 1 is 1.57 bits per heavy atom. The minimum Gasteiger partial charge on any atom is -0.388 e. The lowest BCUT2D eigenvalue weighted by Crippen LogP contribution is -2.22. The molecule has 0 spiro atoms. The predicted molar refractivity (Wildman–Crippen MR) is 51.5 cm³/mol. The van der Waals surface area contributed by atoms with E-state index >= 15 is 0 Å². The second kappa shape index (κ2) is 3.98. The second-order valence-electron chi connectivity index (χ2n) is 3.63. The number of rotatable bonds is 2. The monoisotopic (exact) mass is 197 g/mol. The van der Waals surface area contributed by atoms with Crippen LogP contribution < -0.4 is 5.73 Å². The molecule has 1 fully saturated rings. The number of nitrogens with zero attached hydrogens (tertiary/aromatic N) is 1. The van der Waals surface area contributed by atoms with E-state index in [0.717, 1.165) is 26.1 Å². The average Bonchev–Trinajstić information content (AvgIpc) is 2.65. The largest absolute Gasteiger partial charge is 0.388 e. The summed E-state index contributed by atoms with van der Waals surface area (Å²) in [5, 5.41) is 16.4. The molecule has 1 aromatic rings. The average molecular weight is 197 g/mol. The Bertz CT molecular complexity index is 294. The zero-order valence-electron chi connectivity index (χ0n) is 7.94. The van der Waals surface area contributed by atoms with Crippen molar-refractivity contribution in [2.24, 2.45) is 5.92 Å². The SMILES string of the molecule is Nc1[nH]ncc1C(O)C1CCOCC1. The van der Waals surface area contributed by atoms with Crippen molar-refractivity contribution in [3.63, 3.8) is 0 Å². The van der Waals surface area contributed by atoms with E-state index in [1.54, 1.807) is 6.20 Å². The first kappa shape index (κ1) is 9.48. The van der Waals surface area contributed by atoms with Crippen LogP contribution in [0.5, 0.6) is 0 Å². The summed E-state index contributed by atoms with van der Waals surface area (Å²) in [7, 11) is 0. The molecule has 4 N–H and O–H groups in total. The standard InChI is InChI=1S/C9H15N3O2/c10-9-7(5-11-12-9)8(13)6-1-3-14-4-2-6/h5-6,8,13H,1-4H2,(H3,10,11,12). The molecule has 0 aliphatic carbocycles.